The molecule has 0 fully saturated rings. The highest BCUT2D eigenvalue weighted by atomic mass is 16.6. The van der Waals surface area contributed by atoms with Crippen molar-refractivity contribution < 1.29 is 19.0 Å². The first-order valence-electron chi connectivity index (χ1n) is 6.11. The molecule has 0 heterocycles. The predicted molar refractivity (Wildman–Crippen MR) is 68.6 cm³/mol. The molecule has 0 bridgehead atoms. The summed E-state index contributed by atoms with van der Waals surface area (Å²) in [4.78, 5) is 11.5. The Morgan fingerprint density at radius 1 is 1.06 bits per heavy atom. The van der Waals surface area contributed by atoms with Crippen molar-refractivity contribution in [2.45, 2.75) is 20.0 Å². The van der Waals surface area contributed by atoms with Gasteiger partial charge in [-0.1, -0.05) is 18.2 Å². The molecule has 0 aliphatic heterocycles. The van der Waals surface area contributed by atoms with E-state index in [4.69, 9.17) is 14.2 Å². The zero-order valence-electron chi connectivity index (χ0n) is 10.9. The molecule has 4 heteroatoms. The number of hydrogen-bond acceptors (Lipinski definition) is 4. The summed E-state index contributed by atoms with van der Waals surface area (Å²) in [6.45, 7) is 5.67. The summed E-state index contributed by atoms with van der Waals surface area (Å²) in [5.41, 5.74) is 0.556. The van der Waals surface area contributed by atoms with E-state index in [1.54, 1.807) is 24.3 Å². The Balaban J connectivity index is 2.03. The molecule has 0 N–H and O–H groups in total. The van der Waals surface area contributed by atoms with E-state index >= 15 is 0 Å². The highest BCUT2D eigenvalue weighted by Crippen LogP contribution is 2.00. The van der Waals surface area contributed by atoms with E-state index in [0.717, 1.165) is 0 Å². The molecule has 0 atom stereocenters. The van der Waals surface area contributed by atoms with Gasteiger partial charge in [-0.25, -0.2) is 4.79 Å². The Morgan fingerprint density at radius 2 is 1.72 bits per heavy atom. The van der Waals surface area contributed by atoms with Crippen molar-refractivity contribution in [3.05, 3.63) is 35.9 Å². The molecule has 0 saturated carbocycles. The van der Waals surface area contributed by atoms with Crippen LogP contribution in [0.4, 0.5) is 0 Å². The van der Waals surface area contributed by atoms with Crippen LogP contribution in [0, 0.1) is 0 Å². The van der Waals surface area contributed by atoms with Crippen LogP contribution in [0.5, 0.6) is 0 Å². The van der Waals surface area contributed by atoms with Gasteiger partial charge in [0.1, 0.15) is 6.61 Å². The fraction of sp³-hybridized carbons (Fsp3) is 0.500. The van der Waals surface area contributed by atoms with Gasteiger partial charge in [-0.3, -0.25) is 0 Å². The largest absolute Gasteiger partial charge is 0.460 e. The molecule has 0 saturated heterocycles. The summed E-state index contributed by atoms with van der Waals surface area (Å²) in [6, 6.07) is 8.90. The van der Waals surface area contributed by atoms with Crippen LogP contribution >= 0.6 is 0 Å². The molecule has 0 amide bonds. The standard InChI is InChI=1S/C14H20O4/c1-12(2)17-10-8-16-9-11-18-14(15)13-6-4-3-5-7-13/h3-7,12H,8-11H2,1-2H3. The Labute approximate surface area is 108 Å². The number of ether oxygens (including phenoxy) is 3. The van der Waals surface area contributed by atoms with Crippen molar-refractivity contribution in [2.24, 2.45) is 0 Å². The topological polar surface area (TPSA) is 44.8 Å². The summed E-state index contributed by atoms with van der Waals surface area (Å²) < 4.78 is 15.6. The second-order valence-electron chi connectivity index (χ2n) is 4.03. The Kier molecular flexibility index (Phi) is 7.06. The number of rotatable bonds is 8. The lowest BCUT2D eigenvalue weighted by Crippen LogP contribution is -2.14. The van der Waals surface area contributed by atoms with Gasteiger partial charge >= 0.3 is 5.97 Å². The zero-order chi connectivity index (χ0) is 13.2. The number of esters is 1. The SMILES string of the molecule is CC(C)OCCOCCOC(=O)c1ccccc1. The minimum Gasteiger partial charge on any atom is -0.460 e. The van der Waals surface area contributed by atoms with Crippen LogP contribution in [0.25, 0.3) is 0 Å². The van der Waals surface area contributed by atoms with E-state index in [9.17, 15) is 4.79 Å². The van der Waals surface area contributed by atoms with Crippen LogP contribution in [0.3, 0.4) is 0 Å². The highest BCUT2D eigenvalue weighted by Gasteiger charge is 2.04. The average Bonchev–Trinajstić information content (AvgIpc) is 2.38. The van der Waals surface area contributed by atoms with E-state index in [2.05, 4.69) is 0 Å². The minimum absolute atomic E-state index is 0.213. The first kappa shape index (κ1) is 14.7. The van der Waals surface area contributed by atoms with Crippen molar-refractivity contribution in [1.82, 2.24) is 0 Å². The first-order chi connectivity index (χ1) is 8.70. The number of benzene rings is 1. The van der Waals surface area contributed by atoms with E-state index in [0.29, 0.717) is 25.4 Å². The van der Waals surface area contributed by atoms with E-state index in [-0.39, 0.29) is 18.7 Å². The third-order valence-corrected chi connectivity index (χ3v) is 2.15. The lowest BCUT2D eigenvalue weighted by atomic mass is 10.2. The van der Waals surface area contributed by atoms with Crippen molar-refractivity contribution in [1.29, 1.82) is 0 Å². The maximum atomic E-state index is 11.5. The van der Waals surface area contributed by atoms with Crippen molar-refractivity contribution in [2.75, 3.05) is 26.4 Å². The van der Waals surface area contributed by atoms with Crippen LogP contribution in [0.1, 0.15) is 24.2 Å². The van der Waals surface area contributed by atoms with Gasteiger partial charge in [0.15, 0.2) is 0 Å². The van der Waals surface area contributed by atoms with Gasteiger partial charge in [-0.05, 0) is 26.0 Å². The molecule has 4 nitrogen and oxygen atoms in total. The lowest BCUT2D eigenvalue weighted by Gasteiger charge is -2.08. The Morgan fingerprint density at radius 3 is 2.39 bits per heavy atom. The molecule has 0 unspecified atom stereocenters. The second kappa shape index (κ2) is 8.66. The monoisotopic (exact) mass is 252 g/mol. The van der Waals surface area contributed by atoms with E-state index in [1.807, 2.05) is 19.9 Å². The molecule has 0 radical (unpaired) electrons. The third kappa shape index (κ3) is 6.37. The summed E-state index contributed by atoms with van der Waals surface area (Å²) in [6.07, 6.45) is 0.213. The van der Waals surface area contributed by atoms with Crippen LogP contribution in [0.15, 0.2) is 30.3 Å². The molecule has 0 aromatic heterocycles. The molecular formula is C14H20O4. The summed E-state index contributed by atoms with van der Waals surface area (Å²) in [5, 5.41) is 0. The van der Waals surface area contributed by atoms with Gasteiger partial charge in [0.05, 0.1) is 31.5 Å². The molecule has 1 aromatic carbocycles. The van der Waals surface area contributed by atoms with Gasteiger partial charge in [0, 0.05) is 0 Å². The van der Waals surface area contributed by atoms with Gasteiger partial charge in [0.25, 0.3) is 0 Å². The number of carbonyl (C=O) groups is 1. The molecule has 0 spiro atoms. The molecule has 100 valence electrons. The minimum atomic E-state index is -0.322. The molecule has 0 aliphatic carbocycles. The maximum Gasteiger partial charge on any atom is 0.338 e. The van der Waals surface area contributed by atoms with E-state index < -0.39 is 0 Å². The quantitative estimate of drug-likeness (QED) is 0.526. The van der Waals surface area contributed by atoms with Crippen LogP contribution < -0.4 is 0 Å². The van der Waals surface area contributed by atoms with Crippen molar-refractivity contribution in [3.8, 4) is 0 Å². The third-order valence-electron chi connectivity index (χ3n) is 2.15. The molecule has 1 aromatic rings. The normalized spacial score (nSPS) is 10.6. The lowest BCUT2D eigenvalue weighted by molar-refractivity contribution is 0.00135. The van der Waals surface area contributed by atoms with Gasteiger partial charge in [0.2, 0.25) is 0 Å². The zero-order valence-corrected chi connectivity index (χ0v) is 10.9. The average molecular weight is 252 g/mol. The van der Waals surface area contributed by atoms with Gasteiger partial charge in [-0.2, -0.15) is 0 Å². The summed E-state index contributed by atoms with van der Waals surface area (Å²) >= 11 is 0. The molecule has 0 aliphatic rings. The van der Waals surface area contributed by atoms with Crippen LogP contribution in [0.2, 0.25) is 0 Å². The molecular weight excluding hydrogens is 232 g/mol. The van der Waals surface area contributed by atoms with E-state index in [1.165, 1.54) is 0 Å². The van der Waals surface area contributed by atoms with Crippen LogP contribution in [-0.2, 0) is 14.2 Å². The van der Waals surface area contributed by atoms with Gasteiger partial charge in [-0.15, -0.1) is 0 Å². The number of carbonyl (C=O) groups excluding carboxylic acids is 1. The summed E-state index contributed by atoms with van der Waals surface area (Å²) in [5.74, 6) is -0.322. The fourth-order valence-electron chi connectivity index (χ4n) is 1.30. The summed E-state index contributed by atoms with van der Waals surface area (Å²) in [7, 11) is 0. The van der Waals surface area contributed by atoms with Gasteiger partial charge < -0.3 is 14.2 Å². The Hall–Kier alpha value is -1.39. The first-order valence-corrected chi connectivity index (χ1v) is 6.11. The maximum absolute atomic E-state index is 11.5. The highest BCUT2D eigenvalue weighted by molar-refractivity contribution is 5.89. The Bertz CT molecular complexity index is 335. The number of hydrogen-bond donors (Lipinski definition) is 0. The van der Waals surface area contributed by atoms with Crippen LogP contribution in [-0.4, -0.2) is 38.5 Å². The molecule has 1 rings (SSSR count). The molecule has 18 heavy (non-hydrogen) atoms. The predicted octanol–water partition coefficient (Wildman–Crippen LogP) is 2.29. The smallest absolute Gasteiger partial charge is 0.338 e. The fourth-order valence-corrected chi connectivity index (χ4v) is 1.30. The van der Waals surface area contributed by atoms with Crippen molar-refractivity contribution >= 4 is 5.97 Å². The second-order valence-corrected chi connectivity index (χ2v) is 4.03. The van der Waals surface area contributed by atoms with Crippen molar-refractivity contribution in [3.63, 3.8) is 0 Å².